The van der Waals surface area contributed by atoms with Crippen LogP contribution in [-0.4, -0.2) is 32.3 Å². The van der Waals surface area contributed by atoms with E-state index in [0.717, 1.165) is 11.3 Å². The lowest BCUT2D eigenvalue weighted by molar-refractivity contribution is -0.113. The van der Waals surface area contributed by atoms with Crippen LogP contribution in [0.2, 0.25) is 0 Å². The fourth-order valence-electron chi connectivity index (χ4n) is 3.08. The first-order valence-electron chi connectivity index (χ1n) is 10.2. The number of amides is 2. The SMILES string of the molecule is Cc1ccc(NC(=O)CSc2nnc(C(NC(=O)c3ccccc3F)C(C)C)n2C)cc1. The van der Waals surface area contributed by atoms with E-state index in [2.05, 4.69) is 20.8 Å². The number of benzene rings is 2. The van der Waals surface area contributed by atoms with Gasteiger partial charge in [0, 0.05) is 12.7 Å². The molecule has 9 heteroatoms. The molecule has 3 aromatic rings. The predicted octanol–water partition coefficient (Wildman–Crippen LogP) is 4.12. The topological polar surface area (TPSA) is 88.9 Å². The lowest BCUT2D eigenvalue weighted by atomic mass is 10.0. The van der Waals surface area contributed by atoms with Gasteiger partial charge in [-0.15, -0.1) is 10.2 Å². The van der Waals surface area contributed by atoms with E-state index in [9.17, 15) is 14.0 Å². The van der Waals surface area contributed by atoms with E-state index in [1.165, 1.54) is 30.0 Å². The Balaban J connectivity index is 1.67. The zero-order valence-electron chi connectivity index (χ0n) is 18.4. The van der Waals surface area contributed by atoms with Crippen LogP contribution >= 0.6 is 11.8 Å². The zero-order chi connectivity index (χ0) is 23.3. The van der Waals surface area contributed by atoms with Crippen molar-refractivity contribution in [2.45, 2.75) is 32.0 Å². The van der Waals surface area contributed by atoms with Gasteiger partial charge in [-0.25, -0.2) is 4.39 Å². The highest BCUT2D eigenvalue weighted by Gasteiger charge is 2.26. The van der Waals surface area contributed by atoms with Crippen LogP contribution in [0.1, 0.15) is 41.6 Å². The molecule has 0 saturated heterocycles. The van der Waals surface area contributed by atoms with Gasteiger partial charge < -0.3 is 15.2 Å². The molecule has 0 aliphatic rings. The molecule has 2 N–H and O–H groups in total. The molecule has 1 heterocycles. The van der Waals surface area contributed by atoms with Crippen LogP contribution < -0.4 is 10.6 Å². The minimum atomic E-state index is -0.582. The second-order valence-electron chi connectivity index (χ2n) is 7.78. The molecular weight excluding hydrogens is 429 g/mol. The van der Waals surface area contributed by atoms with E-state index in [1.54, 1.807) is 17.7 Å². The first kappa shape index (κ1) is 23.5. The highest BCUT2D eigenvalue weighted by atomic mass is 32.2. The number of nitrogens with one attached hydrogen (secondary N) is 2. The van der Waals surface area contributed by atoms with Crippen LogP contribution in [-0.2, 0) is 11.8 Å². The van der Waals surface area contributed by atoms with Crippen molar-refractivity contribution in [1.82, 2.24) is 20.1 Å². The Bertz CT molecular complexity index is 1100. The molecule has 0 spiro atoms. The quantitative estimate of drug-likeness (QED) is 0.499. The number of aryl methyl sites for hydroxylation is 1. The third kappa shape index (κ3) is 5.73. The van der Waals surface area contributed by atoms with Crippen molar-refractivity contribution in [2.75, 3.05) is 11.1 Å². The van der Waals surface area contributed by atoms with E-state index in [1.807, 2.05) is 45.0 Å². The van der Waals surface area contributed by atoms with Crippen LogP contribution in [0.4, 0.5) is 10.1 Å². The molecule has 0 aliphatic heterocycles. The predicted molar refractivity (Wildman–Crippen MR) is 123 cm³/mol. The largest absolute Gasteiger partial charge is 0.342 e. The van der Waals surface area contributed by atoms with Gasteiger partial charge in [0.2, 0.25) is 5.91 Å². The van der Waals surface area contributed by atoms with Crippen LogP contribution in [0.5, 0.6) is 0 Å². The lowest BCUT2D eigenvalue weighted by Crippen LogP contribution is -2.34. The number of carbonyl (C=O) groups is 2. The summed E-state index contributed by atoms with van der Waals surface area (Å²) in [6, 6.07) is 12.9. The molecule has 2 aromatic carbocycles. The van der Waals surface area contributed by atoms with Crippen LogP contribution in [0.25, 0.3) is 0 Å². The standard InChI is InChI=1S/C23H26FN5O2S/c1-14(2)20(26-22(31)17-7-5-6-8-18(17)24)21-27-28-23(29(21)4)32-13-19(30)25-16-11-9-15(3)10-12-16/h5-12,14,20H,13H2,1-4H3,(H,25,30)(H,26,31). The van der Waals surface area contributed by atoms with E-state index < -0.39 is 17.8 Å². The number of anilines is 1. The molecular formula is C23H26FN5O2S. The van der Waals surface area contributed by atoms with Gasteiger partial charge >= 0.3 is 0 Å². The molecule has 168 valence electrons. The minimum Gasteiger partial charge on any atom is -0.342 e. The molecule has 0 radical (unpaired) electrons. The van der Waals surface area contributed by atoms with Crippen molar-refractivity contribution < 1.29 is 14.0 Å². The fraction of sp³-hybridized carbons (Fsp3) is 0.304. The minimum absolute atomic E-state index is 0.0173. The summed E-state index contributed by atoms with van der Waals surface area (Å²) in [6.45, 7) is 5.85. The Hall–Kier alpha value is -3.20. The lowest BCUT2D eigenvalue weighted by Gasteiger charge is -2.21. The number of aromatic nitrogens is 3. The second-order valence-corrected chi connectivity index (χ2v) is 8.72. The van der Waals surface area contributed by atoms with Crippen molar-refractivity contribution in [3.05, 3.63) is 71.3 Å². The summed E-state index contributed by atoms with van der Waals surface area (Å²) in [4.78, 5) is 24.9. The van der Waals surface area contributed by atoms with E-state index >= 15 is 0 Å². The number of hydrogen-bond donors (Lipinski definition) is 2. The number of nitrogens with zero attached hydrogens (tertiary/aromatic N) is 3. The molecule has 1 unspecified atom stereocenters. The van der Waals surface area contributed by atoms with Gasteiger partial charge in [0.05, 0.1) is 17.4 Å². The molecule has 0 saturated carbocycles. The average molecular weight is 456 g/mol. The average Bonchev–Trinajstić information content (AvgIpc) is 3.12. The van der Waals surface area contributed by atoms with Crippen molar-refractivity contribution >= 4 is 29.3 Å². The Morgan fingerprint density at radius 2 is 1.78 bits per heavy atom. The molecule has 0 fully saturated rings. The van der Waals surface area contributed by atoms with Crippen molar-refractivity contribution in [3.63, 3.8) is 0 Å². The van der Waals surface area contributed by atoms with Crippen LogP contribution in [0.15, 0.2) is 53.7 Å². The smallest absolute Gasteiger partial charge is 0.254 e. The van der Waals surface area contributed by atoms with Crippen LogP contribution in [0.3, 0.4) is 0 Å². The molecule has 0 bridgehead atoms. The third-order valence-corrected chi connectivity index (χ3v) is 5.91. The van der Waals surface area contributed by atoms with E-state index in [0.29, 0.717) is 11.0 Å². The number of thioether (sulfide) groups is 1. The fourth-order valence-corrected chi connectivity index (χ4v) is 3.80. The van der Waals surface area contributed by atoms with Crippen LogP contribution in [0, 0.1) is 18.7 Å². The first-order chi connectivity index (χ1) is 15.3. The molecule has 2 amide bonds. The molecule has 7 nitrogen and oxygen atoms in total. The Morgan fingerprint density at radius 3 is 2.44 bits per heavy atom. The van der Waals surface area contributed by atoms with Gasteiger partial charge in [-0.05, 0) is 37.1 Å². The van der Waals surface area contributed by atoms with Gasteiger partial charge in [0.15, 0.2) is 11.0 Å². The molecule has 32 heavy (non-hydrogen) atoms. The summed E-state index contributed by atoms with van der Waals surface area (Å²) >= 11 is 1.25. The molecule has 1 atom stereocenters. The maximum atomic E-state index is 14.0. The number of halogens is 1. The third-order valence-electron chi connectivity index (χ3n) is 4.89. The Labute approximate surface area is 190 Å². The first-order valence-corrected chi connectivity index (χ1v) is 11.2. The summed E-state index contributed by atoms with van der Waals surface area (Å²) in [6.07, 6.45) is 0. The number of hydrogen-bond acceptors (Lipinski definition) is 5. The summed E-state index contributed by atoms with van der Waals surface area (Å²) in [5.74, 6) is -0.578. The summed E-state index contributed by atoms with van der Waals surface area (Å²) < 4.78 is 15.7. The van der Waals surface area contributed by atoms with Crippen molar-refractivity contribution in [2.24, 2.45) is 13.0 Å². The number of rotatable bonds is 8. The maximum Gasteiger partial charge on any atom is 0.254 e. The Morgan fingerprint density at radius 1 is 1.09 bits per heavy atom. The van der Waals surface area contributed by atoms with Gasteiger partial charge in [-0.3, -0.25) is 9.59 Å². The van der Waals surface area contributed by atoms with Gasteiger partial charge in [0.1, 0.15) is 5.82 Å². The Kier molecular flexibility index (Phi) is 7.63. The second kappa shape index (κ2) is 10.4. The number of carbonyl (C=O) groups excluding carboxylic acids is 2. The maximum absolute atomic E-state index is 14.0. The van der Waals surface area contributed by atoms with Crippen molar-refractivity contribution in [3.8, 4) is 0 Å². The molecule has 0 aliphatic carbocycles. The summed E-state index contributed by atoms with van der Waals surface area (Å²) in [7, 11) is 1.78. The van der Waals surface area contributed by atoms with E-state index in [-0.39, 0.29) is 23.1 Å². The zero-order valence-corrected chi connectivity index (χ0v) is 19.2. The normalized spacial score (nSPS) is 11.9. The highest BCUT2D eigenvalue weighted by Crippen LogP contribution is 2.25. The monoisotopic (exact) mass is 455 g/mol. The summed E-state index contributed by atoms with van der Waals surface area (Å²) in [5, 5.41) is 14.7. The molecule has 1 aromatic heterocycles. The van der Waals surface area contributed by atoms with E-state index in [4.69, 9.17) is 0 Å². The molecule has 3 rings (SSSR count). The van der Waals surface area contributed by atoms with Gasteiger partial charge in [0.25, 0.3) is 5.91 Å². The summed E-state index contributed by atoms with van der Waals surface area (Å²) in [5.41, 5.74) is 1.82. The van der Waals surface area contributed by atoms with Gasteiger partial charge in [-0.1, -0.05) is 55.4 Å². The highest BCUT2D eigenvalue weighted by molar-refractivity contribution is 7.99. The van der Waals surface area contributed by atoms with Gasteiger partial charge in [-0.2, -0.15) is 0 Å². The van der Waals surface area contributed by atoms with Crippen molar-refractivity contribution in [1.29, 1.82) is 0 Å².